The van der Waals surface area contributed by atoms with Crippen LogP contribution >= 0.6 is 0 Å². The Morgan fingerprint density at radius 2 is 1.44 bits per heavy atom. The monoisotopic (exact) mass is 548 g/mol. The smallest absolute Gasteiger partial charge is 0.333 e. The summed E-state index contributed by atoms with van der Waals surface area (Å²) in [6.07, 6.45) is -1.23. The van der Waals surface area contributed by atoms with Gasteiger partial charge in [0.15, 0.2) is 12.2 Å². The van der Waals surface area contributed by atoms with Gasteiger partial charge in [0.25, 0.3) is 0 Å². The summed E-state index contributed by atoms with van der Waals surface area (Å²) in [5.74, 6) is -2.29. The fourth-order valence-electron chi connectivity index (χ4n) is 6.18. The average molecular weight is 549 g/mol. The summed E-state index contributed by atoms with van der Waals surface area (Å²) >= 11 is 0. The quantitative estimate of drug-likeness (QED) is 0.241. The normalized spacial score (nSPS) is 38.3. The minimum Gasteiger partial charge on any atom is -0.462 e. The van der Waals surface area contributed by atoms with Crippen LogP contribution in [0, 0.1) is 17.8 Å². The lowest BCUT2D eigenvalue weighted by Crippen LogP contribution is -2.40. The molecule has 39 heavy (non-hydrogen) atoms. The van der Waals surface area contributed by atoms with E-state index < -0.39 is 30.1 Å². The van der Waals surface area contributed by atoms with Crippen molar-refractivity contribution in [2.75, 3.05) is 6.61 Å². The third-order valence-electron chi connectivity index (χ3n) is 8.02. The summed E-state index contributed by atoms with van der Waals surface area (Å²) in [5.41, 5.74) is 0.640. The van der Waals surface area contributed by atoms with E-state index in [-0.39, 0.29) is 84.9 Å². The van der Waals surface area contributed by atoms with Crippen LogP contribution in [0.2, 0.25) is 0 Å². The molecule has 0 aromatic carbocycles. The van der Waals surface area contributed by atoms with Gasteiger partial charge in [-0.05, 0) is 33.6 Å². The fourth-order valence-corrected chi connectivity index (χ4v) is 6.18. The summed E-state index contributed by atoms with van der Waals surface area (Å²) < 4.78 is 37.3. The summed E-state index contributed by atoms with van der Waals surface area (Å²) in [6.45, 7) is 11.9. The second-order valence-electron chi connectivity index (χ2n) is 10.9. The predicted octanol–water partition coefficient (Wildman–Crippen LogP) is 0.943. The van der Waals surface area contributed by atoms with Gasteiger partial charge in [-0.25, -0.2) is 9.59 Å². The van der Waals surface area contributed by atoms with E-state index in [0.29, 0.717) is 18.4 Å². The van der Waals surface area contributed by atoms with Crippen LogP contribution in [0.4, 0.5) is 0 Å². The third kappa shape index (κ3) is 4.95. The molecule has 6 aliphatic rings. The zero-order valence-electron chi connectivity index (χ0n) is 22.0. The van der Waals surface area contributed by atoms with Gasteiger partial charge in [-0.15, -0.1) is 0 Å². The first kappa shape index (κ1) is 27.3. The molecule has 0 aliphatic carbocycles. The zero-order chi connectivity index (χ0) is 28.2. The molecule has 6 saturated heterocycles. The molecule has 0 N–H and O–H groups in total. The van der Waals surface area contributed by atoms with E-state index >= 15 is 0 Å². The van der Waals surface area contributed by atoms with Crippen LogP contribution in [0.5, 0.6) is 0 Å². The number of ether oxygens (including phenoxy) is 7. The van der Waals surface area contributed by atoms with Crippen molar-refractivity contribution in [1.82, 2.24) is 0 Å². The van der Waals surface area contributed by atoms with E-state index in [2.05, 4.69) is 13.2 Å². The number of esters is 5. The van der Waals surface area contributed by atoms with Gasteiger partial charge in [-0.3, -0.25) is 14.4 Å². The molecule has 6 rings (SSSR count). The summed E-state index contributed by atoms with van der Waals surface area (Å²) in [6, 6.07) is 0. The second kappa shape index (κ2) is 10.4. The number of fused-ring (bicyclic) bond motifs is 2. The number of carbonyl (C=O) groups is 5. The minimum atomic E-state index is -0.554. The van der Waals surface area contributed by atoms with E-state index in [1.54, 1.807) is 6.92 Å². The van der Waals surface area contributed by atoms with Crippen LogP contribution in [0.25, 0.3) is 0 Å². The molecular formula is C27H32O12. The SMILES string of the molecule is C=C(C)C(=O)OC(C)C1C2CC3C(=O)OC1C3O2.C=C(C)C(=O)OCCC(=O)OC1C2CC3C(=O)OC1C3O2. The highest BCUT2D eigenvalue weighted by Gasteiger charge is 2.66. The van der Waals surface area contributed by atoms with Crippen molar-refractivity contribution in [1.29, 1.82) is 0 Å². The second-order valence-corrected chi connectivity index (χ2v) is 10.9. The molecule has 0 radical (unpaired) electrons. The summed E-state index contributed by atoms with van der Waals surface area (Å²) in [5, 5.41) is 0. The Labute approximate surface area is 224 Å². The highest BCUT2D eigenvalue weighted by atomic mass is 16.7. The van der Waals surface area contributed by atoms with Crippen molar-refractivity contribution >= 4 is 29.8 Å². The van der Waals surface area contributed by atoms with E-state index in [1.165, 1.54) is 6.92 Å². The Morgan fingerprint density at radius 3 is 2.08 bits per heavy atom. The molecule has 0 amide bonds. The highest BCUT2D eigenvalue weighted by molar-refractivity contribution is 5.87. The molecule has 212 valence electrons. The summed E-state index contributed by atoms with van der Waals surface area (Å²) in [7, 11) is 0. The molecule has 4 bridgehead atoms. The molecule has 6 heterocycles. The van der Waals surface area contributed by atoms with Gasteiger partial charge >= 0.3 is 29.8 Å². The Morgan fingerprint density at radius 1 is 0.872 bits per heavy atom. The Hall–Kier alpha value is -3.25. The molecule has 6 aliphatic heterocycles. The lowest BCUT2D eigenvalue weighted by atomic mass is 9.80. The van der Waals surface area contributed by atoms with Crippen LogP contribution in [0.3, 0.4) is 0 Å². The highest BCUT2D eigenvalue weighted by Crippen LogP contribution is 2.51. The first-order valence-corrected chi connectivity index (χ1v) is 13.1. The molecule has 6 fully saturated rings. The Bertz CT molecular complexity index is 1110. The first-order chi connectivity index (χ1) is 18.5. The Kier molecular flexibility index (Phi) is 7.27. The largest absolute Gasteiger partial charge is 0.462 e. The van der Waals surface area contributed by atoms with E-state index in [9.17, 15) is 24.0 Å². The van der Waals surface area contributed by atoms with Crippen molar-refractivity contribution in [3.63, 3.8) is 0 Å². The van der Waals surface area contributed by atoms with Crippen molar-refractivity contribution < 1.29 is 57.1 Å². The van der Waals surface area contributed by atoms with E-state index in [1.807, 2.05) is 6.92 Å². The zero-order valence-corrected chi connectivity index (χ0v) is 22.0. The molecule has 12 heteroatoms. The topological polar surface area (TPSA) is 150 Å². The molecule has 0 aromatic heterocycles. The van der Waals surface area contributed by atoms with Gasteiger partial charge in [-0.1, -0.05) is 13.2 Å². The van der Waals surface area contributed by atoms with Crippen LogP contribution in [0.1, 0.15) is 40.0 Å². The number of carbonyl (C=O) groups excluding carboxylic acids is 5. The molecule has 0 aromatic rings. The van der Waals surface area contributed by atoms with Crippen LogP contribution < -0.4 is 0 Å². The Balaban J connectivity index is 0.000000160. The lowest BCUT2D eigenvalue weighted by molar-refractivity contribution is -0.162. The number of hydrogen-bond acceptors (Lipinski definition) is 12. The van der Waals surface area contributed by atoms with Crippen LogP contribution in [0.15, 0.2) is 24.3 Å². The van der Waals surface area contributed by atoms with Crippen LogP contribution in [-0.4, -0.2) is 85.3 Å². The van der Waals surface area contributed by atoms with E-state index in [0.717, 1.165) is 0 Å². The molecule has 11 unspecified atom stereocenters. The van der Waals surface area contributed by atoms with Crippen LogP contribution in [-0.2, 0) is 57.1 Å². The first-order valence-electron chi connectivity index (χ1n) is 13.1. The molecular weight excluding hydrogens is 516 g/mol. The van der Waals surface area contributed by atoms with Gasteiger partial charge in [0.1, 0.15) is 31.0 Å². The van der Waals surface area contributed by atoms with E-state index in [4.69, 9.17) is 33.2 Å². The standard InChI is InChI=1S/C14H16O7.C13H16O5/c1-6(2)13(16)18-4-3-9(15)20-11-8-5-7-10(19-8)12(11)21-14(7)17;1-5(2)12(14)16-6(3)9-8-4-7-10(17-8)11(9)18-13(7)15/h7-8,10-12H,1,3-5H2,2H3;6-11H,1,4H2,2-3H3. The molecule has 0 saturated carbocycles. The van der Waals surface area contributed by atoms with Crippen molar-refractivity contribution in [3.05, 3.63) is 24.3 Å². The van der Waals surface area contributed by atoms with Gasteiger partial charge in [-0.2, -0.15) is 0 Å². The fraction of sp³-hybridized carbons (Fsp3) is 0.667. The van der Waals surface area contributed by atoms with Crippen molar-refractivity contribution in [2.45, 2.75) is 88.9 Å². The van der Waals surface area contributed by atoms with Gasteiger partial charge < -0.3 is 33.2 Å². The molecule has 0 spiro atoms. The minimum absolute atomic E-state index is 0.0376. The lowest BCUT2D eigenvalue weighted by Gasteiger charge is -2.27. The maximum absolute atomic E-state index is 11.8. The van der Waals surface area contributed by atoms with Gasteiger partial charge in [0, 0.05) is 11.1 Å². The number of rotatable bonds is 8. The third-order valence-corrected chi connectivity index (χ3v) is 8.02. The molecule has 12 nitrogen and oxygen atoms in total. The van der Waals surface area contributed by atoms with Crippen molar-refractivity contribution in [3.8, 4) is 0 Å². The maximum atomic E-state index is 11.8. The number of hydrogen-bond donors (Lipinski definition) is 0. The summed E-state index contributed by atoms with van der Waals surface area (Å²) in [4.78, 5) is 57.5. The van der Waals surface area contributed by atoms with Crippen molar-refractivity contribution in [2.24, 2.45) is 17.8 Å². The molecule has 11 atom stereocenters. The predicted molar refractivity (Wildman–Crippen MR) is 127 cm³/mol. The maximum Gasteiger partial charge on any atom is 0.333 e. The average Bonchev–Trinajstić information content (AvgIpc) is 3.67. The van der Waals surface area contributed by atoms with Gasteiger partial charge in [0.2, 0.25) is 0 Å². The van der Waals surface area contributed by atoms with Gasteiger partial charge in [0.05, 0.1) is 36.4 Å².